The monoisotopic (exact) mass is 224 g/mol. The van der Waals surface area contributed by atoms with E-state index in [9.17, 15) is 0 Å². The summed E-state index contributed by atoms with van der Waals surface area (Å²) in [4.78, 5) is 8.22. The van der Waals surface area contributed by atoms with Crippen LogP contribution in [-0.4, -0.2) is 27.5 Å². The van der Waals surface area contributed by atoms with Crippen molar-refractivity contribution in [2.45, 2.75) is 25.8 Å². The molecule has 1 saturated heterocycles. The summed E-state index contributed by atoms with van der Waals surface area (Å²) in [6, 6.07) is 2.47. The zero-order valence-electron chi connectivity index (χ0n) is 8.86. The van der Waals surface area contributed by atoms with Crippen LogP contribution in [0.3, 0.4) is 0 Å². The lowest BCUT2D eigenvalue weighted by Gasteiger charge is -2.23. The maximum Gasteiger partial charge on any atom is 0.222 e. The Morgan fingerprint density at radius 2 is 2.40 bits per heavy atom. The fourth-order valence-corrected chi connectivity index (χ4v) is 2.80. The molecule has 0 aliphatic carbocycles. The summed E-state index contributed by atoms with van der Waals surface area (Å²) < 4.78 is 0. The van der Waals surface area contributed by atoms with E-state index >= 15 is 0 Å². The largest absolute Gasteiger partial charge is 0.368 e. The smallest absolute Gasteiger partial charge is 0.222 e. The number of anilines is 2. The number of rotatable bonds is 2. The fraction of sp³-hybridized carbons (Fsp3) is 0.600. The molecule has 0 spiro atoms. The van der Waals surface area contributed by atoms with Crippen LogP contribution in [0.15, 0.2) is 6.07 Å². The third-order valence-electron chi connectivity index (χ3n) is 2.38. The van der Waals surface area contributed by atoms with Gasteiger partial charge in [0.05, 0.1) is 0 Å². The molecule has 3 N–H and O–H groups in total. The Kier molecular flexibility index (Phi) is 3.30. The second-order valence-corrected chi connectivity index (χ2v) is 4.96. The Morgan fingerprint density at radius 1 is 1.53 bits per heavy atom. The van der Waals surface area contributed by atoms with E-state index in [1.54, 1.807) is 0 Å². The number of nitrogens with zero attached hydrogens (tertiary/aromatic N) is 2. The van der Waals surface area contributed by atoms with E-state index in [0.29, 0.717) is 12.0 Å². The number of thioether (sulfide) groups is 1. The number of nitrogens with one attached hydrogen (secondary N) is 1. The van der Waals surface area contributed by atoms with E-state index in [1.807, 2.05) is 24.8 Å². The minimum atomic E-state index is 0.348. The van der Waals surface area contributed by atoms with Crippen LogP contribution < -0.4 is 11.1 Å². The molecule has 4 nitrogen and oxygen atoms in total. The van der Waals surface area contributed by atoms with Gasteiger partial charge in [-0.2, -0.15) is 16.7 Å². The minimum Gasteiger partial charge on any atom is -0.368 e. The number of nitrogen functional groups attached to an aromatic ring is 1. The van der Waals surface area contributed by atoms with Gasteiger partial charge in [-0.1, -0.05) is 0 Å². The van der Waals surface area contributed by atoms with Crippen molar-refractivity contribution in [3.63, 3.8) is 0 Å². The average molecular weight is 224 g/mol. The Balaban J connectivity index is 2.02. The first-order valence-corrected chi connectivity index (χ1v) is 6.35. The molecule has 82 valence electrons. The van der Waals surface area contributed by atoms with Crippen molar-refractivity contribution in [3.8, 4) is 0 Å². The Labute approximate surface area is 94.1 Å². The van der Waals surface area contributed by atoms with Gasteiger partial charge in [-0.25, -0.2) is 4.98 Å². The molecule has 0 bridgehead atoms. The first kappa shape index (κ1) is 10.5. The van der Waals surface area contributed by atoms with Crippen molar-refractivity contribution >= 4 is 23.5 Å². The summed E-state index contributed by atoms with van der Waals surface area (Å²) in [5, 5.41) is 3.41. The molecule has 0 saturated carbocycles. The molecule has 1 unspecified atom stereocenters. The third-order valence-corrected chi connectivity index (χ3v) is 3.60. The Morgan fingerprint density at radius 3 is 3.07 bits per heavy atom. The minimum absolute atomic E-state index is 0.348. The molecule has 1 fully saturated rings. The van der Waals surface area contributed by atoms with Gasteiger partial charge in [0, 0.05) is 23.6 Å². The molecule has 2 heterocycles. The molecule has 2 rings (SSSR count). The zero-order valence-corrected chi connectivity index (χ0v) is 9.68. The molecule has 0 amide bonds. The molecule has 1 aliphatic rings. The van der Waals surface area contributed by atoms with Gasteiger partial charge >= 0.3 is 0 Å². The predicted molar refractivity (Wildman–Crippen MR) is 65.2 cm³/mol. The van der Waals surface area contributed by atoms with Gasteiger partial charge in [-0.3, -0.25) is 0 Å². The third kappa shape index (κ3) is 2.99. The molecule has 1 atom stereocenters. The lowest BCUT2D eigenvalue weighted by molar-refractivity contribution is 0.682. The number of hydrogen-bond acceptors (Lipinski definition) is 5. The lowest BCUT2D eigenvalue weighted by Crippen LogP contribution is -2.26. The first-order valence-electron chi connectivity index (χ1n) is 5.19. The van der Waals surface area contributed by atoms with E-state index in [4.69, 9.17) is 5.73 Å². The van der Waals surface area contributed by atoms with Crippen molar-refractivity contribution < 1.29 is 0 Å². The second-order valence-electron chi connectivity index (χ2n) is 3.81. The topological polar surface area (TPSA) is 63.8 Å². The van der Waals surface area contributed by atoms with Crippen LogP contribution >= 0.6 is 11.8 Å². The lowest BCUT2D eigenvalue weighted by atomic mass is 10.2. The number of aromatic nitrogens is 2. The van der Waals surface area contributed by atoms with Crippen LogP contribution in [0.4, 0.5) is 11.8 Å². The van der Waals surface area contributed by atoms with Gasteiger partial charge in [0.15, 0.2) is 0 Å². The highest BCUT2D eigenvalue weighted by Crippen LogP contribution is 2.20. The highest BCUT2D eigenvalue weighted by atomic mass is 32.2. The average Bonchev–Trinajstić information content (AvgIpc) is 2.17. The number of aryl methyl sites for hydroxylation is 1. The molecular formula is C10H16N4S. The van der Waals surface area contributed by atoms with Gasteiger partial charge in [-0.15, -0.1) is 0 Å². The molecule has 1 aromatic heterocycles. The molecule has 1 aliphatic heterocycles. The van der Waals surface area contributed by atoms with Crippen LogP contribution in [0.5, 0.6) is 0 Å². The van der Waals surface area contributed by atoms with E-state index in [0.717, 1.165) is 17.3 Å². The van der Waals surface area contributed by atoms with Gasteiger partial charge < -0.3 is 11.1 Å². The second kappa shape index (κ2) is 4.70. The molecule has 1 aromatic rings. The SMILES string of the molecule is Cc1cc(NC2CCCSC2)nc(N)n1. The zero-order chi connectivity index (χ0) is 10.7. The van der Waals surface area contributed by atoms with E-state index < -0.39 is 0 Å². The van der Waals surface area contributed by atoms with Crippen LogP contribution in [0.2, 0.25) is 0 Å². The molecule has 15 heavy (non-hydrogen) atoms. The maximum atomic E-state index is 5.60. The van der Waals surface area contributed by atoms with Crippen molar-refractivity contribution in [2.24, 2.45) is 0 Å². The maximum absolute atomic E-state index is 5.60. The molecule has 0 aromatic carbocycles. The van der Waals surface area contributed by atoms with Crippen LogP contribution in [0.1, 0.15) is 18.5 Å². The van der Waals surface area contributed by atoms with Crippen molar-refractivity contribution in [2.75, 3.05) is 22.6 Å². The summed E-state index contributed by atoms with van der Waals surface area (Å²) >= 11 is 1.99. The molecule has 0 radical (unpaired) electrons. The first-order chi connectivity index (χ1) is 7.24. The predicted octanol–water partition coefficient (Wildman–Crippen LogP) is 1.67. The van der Waals surface area contributed by atoms with Crippen LogP contribution in [-0.2, 0) is 0 Å². The normalized spacial score (nSPS) is 21.3. The fourth-order valence-electron chi connectivity index (χ4n) is 1.73. The van der Waals surface area contributed by atoms with Crippen molar-refractivity contribution in [1.29, 1.82) is 0 Å². The molecule has 5 heteroatoms. The van der Waals surface area contributed by atoms with E-state index in [2.05, 4.69) is 15.3 Å². The number of nitrogens with two attached hydrogens (primary N) is 1. The van der Waals surface area contributed by atoms with E-state index in [1.165, 1.54) is 18.6 Å². The highest BCUT2D eigenvalue weighted by molar-refractivity contribution is 7.99. The van der Waals surface area contributed by atoms with Gasteiger partial charge in [-0.05, 0) is 25.5 Å². The Hall–Kier alpha value is -0.970. The molecular weight excluding hydrogens is 208 g/mol. The summed E-state index contributed by atoms with van der Waals surface area (Å²) in [5.41, 5.74) is 6.51. The van der Waals surface area contributed by atoms with Crippen LogP contribution in [0.25, 0.3) is 0 Å². The Bertz CT molecular complexity index is 316. The van der Waals surface area contributed by atoms with Gasteiger partial charge in [0.1, 0.15) is 5.82 Å². The number of hydrogen-bond donors (Lipinski definition) is 2. The van der Waals surface area contributed by atoms with E-state index in [-0.39, 0.29) is 0 Å². The summed E-state index contributed by atoms with van der Waals surface area (Å²) in [6.45, 7) is 1.93. The highest BCUT2D eigenvalue weighted by Gasteiger charge is 2.14. The van der Waals surface area contributed by atoms with Crippen LogP contribution in [0, 0.1) is 6.92 Å². The van der Waals surface area contributed by atoms with Gasteiger partial charge in [0.25, 0.3) is 0 Å². The quantitative estimate of drug-likeness (QED) is 0.800. The van der Waals surface area contributed by atoms with Gasteiger partial charge in [0.2, 0.25) is 5.95 Å². The van der Waals surface area contributed by atoms with Crippen molar-refractivity contribution in [1.82, 2.24) is 9.97 Å². The summed E-state index contributed by atoms with van der Waals surface area (Å²) in [5.74, 6) is 3.64. The summed E-state index contributed by atoms with van der Waals surface area (Å²) in [7, 11) is 0. The standard InChI is InChI=1S/C10H16N4S/c1-7-5-9(14-10(11)12-7)13-8-3-2-4-15-6-8/h5,8H,2-4,6H2,1H3,(H3,11,12,13,14). The van der Waals surface area contributed by atoms with Crippen molar-refractivity contribution in [3.05, 3.63) is 11.8 Å². The summed E-state index contributed by atoms with van der Waals surface area (Å²) in [6.07, 6.45) is 2.50.